The van der Waals surface area contributed by atoms with E-state index in [0.29, 0.717) is 55.8 Å². The molecule has 0 radical (unpaired) electrons. The molecule has 0 saturated carbocycles. The van der Waals surface area contributed by atoms with Gasteiger partial charge in [-0.3, -0.25) is 9.48 Å². The Balaban J connectivity index is 1.42. The van der Waals surface area contributed by atoms with E-state index in [-0.39, 0.29) is 5.91 Å². The van der Waals surface area contributed by atoms with Crippen molar-refractivity contribution in [2.45, 2.75) is 33.0 Å². The van der Waals surface area contributed by atoms with Gasteiger partial charge in [-0.25, -0.2) is 0 Å². The highest BCUT2D eigenvalue weighted by molar-refractivity contribution is 7.07. The molecule has 5 rings (SSSR count). The fourth-order valence-corrected chi connectivity index (χ4v) is 4.97. The van der Waals surface area contributed by atoms with E-state index in [4.69, 9.17) is 21.1 Å². The van der Waals surface area contributed by atoms with Gasteiger partial charge in [-0.15, -0.1) is 0 Å². The van der Waals surface area contributed by atoms with E-state index in [9.17, 15) is 4.79 Å². The van der Waals surface area contributed by atoms with Gasteiger partial charge in [0, 0.05) is 36.3 Å². The third kappa shape index (κ3) is 5.69. The average Bonchev–Trinajstić information content (AvgIpc) is 3.47. The SMILES string of the molecule is Cc1ccn(CCC(=O)N2CCOc3c(cc(-c4cccc(Cl)c4)cc3OCc3ccsc3)C2)n1. The van der Waals surface area contributed by atoms with Gasteiger partial charge in [0.25, 0.3) is 0 Å². The molecular formula is C27H26ClN3O3S. The average molecular weight is 508 g/mol. The molecule has 1 aliphatic heterocycles. The summed E-state index contributed by atoms with van der Waals surface area (Å²) in [6, 6.07) is 15.8. The van der Waals surface area contributed by atoms with Crippen molar-refractivity contribution in [2.75, 3.05) is 13.2 Å². The van der Waals surface area contributed by atoms with Crippen LogP contribution in [0.4, 0.5) is 0 Å². The Bertz CT molecular complexity index is 1320. The minimum absolute atomic E-state index is 0.0727. The van der Waals surface area contributed by atoms with Crippen LogP contribution in [0.2, 0.25) is 5.02 Å². The van der Waals surface area contributed by atoms with Crippen molar-refractivity contribution in [1.82, 2.24) is 14.7 Å². The maximum Gasteiger partial charge on any atom is 0.224 e. The molecule has 0 bridgehead atoms. The van der Waals surface area contributed by atoms with Gasteiger partial charge < -0.3 is 14.4 Å². The normalized spacial score (nSPS) is 13.1. The van der Waals surface area contributed by atoms with Crippen LogP contribution in [0.15, 0.2) is 65.5 Å². The lowest BCUT2D eigenvalue weighted by atomic mass is 10.0. The first-order chi connectivity index (χ1) is 17.0. The number of nitrogens with zero attached hydrogens (tertiary/aromatic N) is 3. The fraction of sp³-hybridized carbons (Fsp3) is 0.259. The predicted octanol–water partition coefficient (Wildman–Crippen LogP) is 5.96. The van der Waals surface area contributed by atoms with Crippen molar-refractivity contribution < 1.29 is 14.3 Å². The van der Waals surface area contributed by atoms with E-state index in [1.54, 1.807) is 11.3 Å². The van der Waals surface area contributed by atoms with Crippen molar-refractivity contribution in [3.8, 4) is 22.6 Å². The number of ether oxygens (including phenoxy) is 2. The third-order valence-corrected chi connectivity index (χ3v) is 6.88. The molecule has 8 heteroatoms. The number of benzene rings is 2. The van der Waals surface area contributed by atoms with E-state index >= 15 is 0 Å². The van der Waals surface area contributed by atoms with Gasteiger partial charge in [-0.2, -0.15) is 16.4 Å². The van der Waals surface area contributed by atoms with E-state index < -0.39 is 0 Å². The highest BCUT2D eigenvalue weighted by Gasteiger charge is 2.24. The van der Waals surface area contributed by atoms with Crippen LogP contribution in [0.25, 0.3) is 11.1 Å². The first-order valence-electron chi connectivity index (χ1n) is 11.5. The van der Waals surface area contributed by atoms with Gasteiger partial charge in [-0.1, -0.05) is 23.7 Å². The first-order valence-corrected chi connectivity index (χ1v) is 12.8. The third-order valence-electron chi connectivity index (χ3n) is 5.91. The van der Waals surface area contributed by atoms with Crippen molar-refractivity contribution in [2.24, 2.45) is 0 Å². The van der Waals surface area contributed by atoms with Crippen molar-refractivity contribution in [1.29, 1.82) is 0 Å². The van der Waals surface area contributed by atoms with Crippen molar-refractivity contribution in [3.63, 3.8) is 0 Å². The lowest BCUT2D eigenvalue weighted by Gasteiger charge is -2.20. The van der Waals surface area contributed by atoms with Crippen molar-refractivity contribution >= 4 is 28.8 Å². The van der Waals surface area contributed by atoms with Gasteiger partial charge in [-0.05, 0) is 70.8 Å². The number of halogens is 1. The molecule has 0 aliphatic carbocycles. The van der Waals surface area contributed by atoms with Gasteiger partial charge in [0.15, 0.2) is 11.5 Å². The Morgan fingerprint density at radius 1 is 1.20 bits per heavy atom. The molecule has 180 valence electrons. The zero-order valence-electron chi connectivity index (χ0n) is 19.4. The molecule has 6 nitrogen and oxygen atoms in total. The molecule has 0 spiro atoms. The van der Waals surface area contributed by atoms with Crippen LogP contribution in [-0.2, 0) is 24.5 Å². The Labute approximate surface area is 213 Å². The number of amides is 1. The number of hydrogen-bond donors (Lipinski definition) is 0. The van der Waals surface area contributed by atoms with E-state index in [1.165, 1.54) is 0 Å². The molecule has 0 saturated heterocycles. The fourth-order valence-electron chi connectivity index (χ4n) is 4.13. The Morgan fingerprint density at radius 3 is 2.89 bits per heavy atom. The zero-order valence-corrected chi connectivity index (χ0v) is 21.0. The lowest BCUT2D eigenvalue weighted by molar-refractivity contribution is -0.132. The van der Waals surface area contributed by atoms with Crippen LogP contribution in [0, 0.1) is 6.92 Å². The summed E-state index contributed by atoms with van der Waals surface area (Å²) in [6.07, 6.45) is 2.28. The summed E-state index contributed by atoms with van der Waals surface area (Å²) < 4.78 is 14.2. The zero-order chi connectivity index (χ0) is 24.2. The summed E-state index contributed by atoms with van der Waals surface area (Å²) in [7, 11) is 0. The summed E-state index contributed by atoms with van der Waals surface area (Å²) in [6.45, 7) is 4.32. The maximum absolute atomic E-state index is 13.1. The van der Waals surface area contributed by atoms with Crippen LogP contribution in [0.5, 0.6) is 11.5 Å². The standard InChI is InChI=1S/C27H26ClN3O3S/c1-19-5-8-31(29-19)9-6-26(32)30-10-11-33-27-23(16-30)13-22(21-3-2-4-24(28)14-21)15-25(27)34-17-20-7-12-35-18-20/h2-5,7-8,12-15,18H,6,9-11,16-17H2,1H3. The Kier molecular flexibility index (Phi) is 7.06. The van der Waals surface area contributed by atoms with Gasteiger partial charge >= 0.3 is 0 Å². The monoisotopic (exact) mass is 507 g/mol. The number of carbonyl (C=O) groups excluding carboxylic acids is 1. The topological polar surface area (TPSA) is 56.6 Å². The van der Waals surface area contributed by atoms with Gasteiger partial charge in [0.2, 0.25) is 5.91 Å². The number of aryl methyl sites for hydroxylation is 2. The minimum atomic E-state index is 0.0727. The number of thiophene rings is 1. The maximum atomic E-state index is 13.1. The summed E-state index contributed by atoms with van der Waals surface area (Å²) in [5.41, 5.74) is 4.92. The molecule has 35 heavy (non-hydrogen) atoms. The molecule has 0 fully saturated rings. The number of hydrogen-bond acceptors (Lipinski definition) is 5. The molecule has 4 aromatic rings. The summed E-state index contributed by atoms with van der Waals surface area (Å²) in [5, 5.41) is 9.15. The minimum Gasteiger partial charge on any atom is -0.487 e. The summed E-state index contributed by atoms with van der Waals surface area (Å²) in [5.74, 6) is 1.44. The summed E-state index contributed by atoms with van der Waals surface area (Å²) in [4.78, 5) is 14.9. The molecule has 2 aromatic heterocycles. The summed E-state index contributed by atoms with van der Waals surface area (Å²) >= 11 is 7.91. The number of fused-ring (bicyclic) bond motifs is 1. The van der Waals surface area contributed by atoms with E-state index in [1.807, 2.05) is 70.5 Å². The quantitative estimate of drug-likeness (QED) is 0.309. The molecule has 0 atom stereocenters. The molecule has 0 unspecified atom stereocenters. The predicted molar refractivity (Wildman–Crippen MR) is 138 cm³/mol. The van der Waals surface area contributed by atoms with Crippen LogP contribution in [0.1, 0.15) is 23.2 Å². The smallest absolute Gasteiger partial charge is 0.224 e. The number of aromatic nitrogens is 2. The van der Waals surface area contributed by atoms with Crippen LogP contribution < -0.4 is 9.47 Å². The van der Waals surface area contributed by atoms with Crippen LogP contribution >= 0.6 is 22.9 Å². The Hall–Kier alpha value is -3.29. The largest absolute Gasteiger partial charge is 0.487 e. The van der Waals surface area contributed by atoms with Crippen molar-refractivity contribution in [3.05, 3.63) is 87.3 Å². The highest BCUT2D eigenvalue weighted by atomic mass is 35.5. The highest BCUT2D eigenvalue weighted by Crippen LogP contribution is 2.39. The number of carbonyl (C=O) groups is 1. The number of rotatable bonds is 7. The lowest BCUT2D eigenvalue weighted by Crippen LogP contribution is -2.33. The second-order valence-electron chi connectivity index (χ2n) is 8.53. The first kappa shape index (κ1) is 23.5. The molecule has 1 amide bonds. The van der Waals surface area contributed by atoms with E-state index in [2.05, 4.69) is 16.5 Å². The van der Waals surface area contributed by atoms with E-state index in [0.717, 1.165) is 27.9 Å². The second kappa shape index (κ2) is 10.5. The second-order valence-corrected chi connectivity index (χ2v) is 9.74. The van der Waals surface area contributed by atoms with Crippen LogP contribution in [0.3, 0.4) is 0 Å². The van der Waals surface area contributed by atoms with Crippen LogP contribution in [-0.4, -0.2) is 33.7 Å². The molecule has 0 N–H and O–H groups in total. The molecule has 2 aromatic carbocycles. The van der Waals surface area contributed by atoms with Gasteiger partial charge in [0.1, 0.15) is 13.2 Å². The Morgan fingerprint density at radius 2 is 2.11 bits per heavy atom. The van der Waals surface area contributed by atoms with Gasteiger partial charge in [0.05, 0.1) is 12.2 Å². The molecular weight excluding hydrogens is 482 g/mol. The molecule has 3 heterocycles. The molecule has 1 aliphatic rings.